The van der Waals surface area contributed by atoms with E-state index in [1.807, 2.05) is 43.3 Å². The van der Waals surface area contributed by atoms with Gasteiger partial charge in [-0.25, -0.2) is 0 Å². The number of hydrogen-bond donors (Lipinski definition) is 0. The summed E-state index contributed by atoms with van der Waals surface area (Å²) in [7, 11) is 12.7. The topological polar surface area (TPSA) is 121 Å². The molecule has 0 aliphatic carbocycles. The average Bonchev–Trinajstić information content (AvgIpc) is 3.54. The molecule has 0 radical (unpaired) electrons. The van der Waals surface area contributed by atoms with Gasteiger partial charge in [-0.3, -0.25) is 9.59 Å². The second-order valence-corrected chi connectivity index (χ2v) is 13.4. The molecule has 0 spiro atoms. The Kier molecular flexibility index (Phi) is 17.2. The molecule has 1 atom stereocenters. The van der Waals surface area contributed by atoms with E-state index in [2.05, 4.69) is 29.8 Å². The third kappa shape index (κ3) is 10.8. The summed E-state index contributed by atoms with van der Waals surface area (Å²) in [6.45, 7) is 7.72. The van der Waals surface area contributed by atoms with Gasteiger partial charge in [0.2, 0.25) is 0 Å². The van der Waals surface area contributed by atoms with Crippen LogP contribution in [0.4, 0.5) is 0 Å². The minimum absolute atomic E-state index is 0.0240. The maximum absolute atomic E-state index is 11.7. The van der Waals surface area contributed by atoms with Crippen molar-refractivity contribution in [2.45, 2.75) is 38.9 Å². The molecular formula is C44H51BrO11. The summed E-state index contributed by atoms with van der Waals surface area (Å²) in [5, 5.41) is 0. The molecule has 1 aromatic heterocycles. The molecule has 12 heteroatoms. The van der Waals surface area contributed by atoms with Crippen LogP contribution in [-0.4, -0.2) is 73.3 Å². The number of benzene rings is 4. The highest BCUT2D eigenvalue weighted by Gasteiger charge is 2.20. The van der Waals surface area contributed by atoms with Crippen LogP contribution in [0.25, 0.3) is 22.6 Å². The summed E-state index contributed by atoms with van der Waals surface area (Å²) >= 11 is 3.24. The van der Waals surface area contributed by atoms with Gasteiger partial charge in [-0.1, -0.05) is 22.9 Å². The van der Waals surface area contributed by atoms with Gasteiger partial charge in [0.15, 0.2) is 57.6 Å². The molecule has 0 aliphatic heterocycles. The second-order valence-electron chi connectivity index (χ2n) is 12.0. The Balaban J connectivity index is 0.000000246. The van der Waals surface area contributed by atoms with Crippen molar-refractivity contribution in [2.24, 2.45) is 0 Å². The molecule has 5 aromatic rings. The zero-order valence-electron chi connectivity index (χ0n) is 34.1. The Morgan fingerprint density at radius 1 is 0.518 bits per heavy atom. The number of ketones is 2. The molecule has 5 rings (SSSR count). The van der Waals surface area contributed by atoms with E-state index < -0.39 is 0 Å². The Morgan fingerprint density at radius 3 is 1.18 bits per heavy atom. The standard InChI is InChI=1S/C22H24O5.C11H13BrO3.C11H14O3/c1-13-14(2)22(16-8-10-18(24-4)20(12-16)26-6)27-21(13)15-7-9-17(23-3)19(11-15)25-5;1-7(12)11(13)8-4-5-9(14-2)10(6-8)15-3;1-4-9(12)8-5-6-10(13-2)11(7-8)14-3/h7-12H,1-6H3;4-7H,1-3H3;5-7H,4H2,1-3H3. The molecule has 0 amide bonds. The minimum Gasteiger partial charge on any atom is -0.493 e. The lowest BCUT2D eigenvalue weighted by molar-refractivity contribution is 0.0983. The number of alkyl halides is 1. The molecule has 0 bridgehead atoms. The fourth-order valence-corrected chi connectivity index (χ4v) is 5.80. The van der Waals surface area contributed by atoms with E-state index in [1.165, 1.54) is 0 Å². The van der Waals surface area contributed by atoms with Crippen molar-refractivity contribution in [1.29, 1.82) is 0 Å². The van der Waals surface area contributed by atoms with Crippen molar-refractivity contribution in [3.8, 4) is 68.6 Å². The maximum atomic E-state index is 11.7. The fraction of sp³-hybridized carbons (Fsp3) is 0.318. The monoisotopic (exact) mass is 834 g/mol. The van der Waals surface area contributed by atoms with Gasteiger partial charge >= 0.3 is 0 Å². The smallest absolute Gasteiger partial charge is 0.176 e. The van der Waals surface area contributed by atoms with Gasteiger partial charge in [0.25, 0.3) is 0 Å². The Labute approximate surface area is 337 Å². The number of hydrogen-bond acceptors (Lipinski definition) is 11. The molecule has 1 unspecified atom stereocenters. The zero-order valence-corrected chi connectivity index (χ0v) is 35.7. The Hall–Kier alpha value is -5.62. The summed E-state index contributed by atoms with van der Waals surface area (Å²) < 4.78 is 48.1. The molecule has 0 N–H and O–H groups in total. The number of ether oxygens (including phenoxy) is 8. The summed E-state index contributed by atoms with van der Waals surface area (Å²) in [6, 6.07) is 21.8. The van der Waals surface area contributed by atoms with Crippen molar-refractivity contribution < 1.29 is 51.9 Å². The first kappa shape index (κ1) is 44.8. The molecule has 11 nitrogen and oxygen atoms in total. The van der Waals surface area contributed by atoms with Gasteiger partial charge in [0.1, 0.15) is 11.5 Å². The van der Waals surface area contributed by atoms with Crippen molar-refractivity contribution in [2.75, 3.05) is 56.9 Å². The predicted molar refractivity (Wildman–Crippen MR) is 222 cm³/mol. The lowest BCUT2D eigenvalue weighted by Gasteiger charge is -2.09. The maximum Gasteiger partial charge on any atom is 0.176 e. The molecule has 56 heavy (non-hydrogen) atoms. The van der Waals surface area contributed by atoms with Crippen molar-refractivity contribution in [1.82, 2.24) is 0 Å². The molecule has 0 fully saturated rings. The van der Waals surface area contributed by atoms with Gasteiger partial charge in [-0.15, -0.1) is 0 Å². The molecule has 0 saturated carbocycles. The Morgan fingerprint density at radius 2 is 0.839 bits per heavy atom. The number of carbonyl (C=O) groups excluding carboxylic acids is 2. The number of halogens is 1. The van der Waals surface area contributed by atoms with Crippen LogP contribution in [0.5, 0.6) is 46.0 Å². The number of carbonyl (C=O) groups is 2. The first-order valence-corrected chi connectivity index (χ1v) is 18.5. The quantitative estimate of drug-likeness (QED) is 0.0785. The molecule has 0 saturated heterocycles. The normalized spacial score (nSPS) is 10.7. The SMILES string of the molecule is CCC(=O)c1ccc(OC)c(OC)c1.COc1ccc(-c2oc(-c3ccc(OC)c(OC)c3)c(C)c2C)cc1OC.COc1ccc(C(=O)C(C)Br)cc1OC. The largest absolute Gasteiger partial charge is 0.493 e. The van der Waals surface area contributed by atoms with Crippen LogP contribution >= 0.6 is 15.9 Å². The van der Waals surface area contributed by atoms with E-state index in [0.29, 0.717) is 63.5 Å². The van der Waals surface area contributed by atoms with E-state index in [9.17, 15) is 9.59 Å². The van der Waals surface area contributed by atoms with Crippen LogP contribution in [0.3, 0.4) is 0 Å². The lowest BCUT2D eigenvalue weighted by atomic mass is 10.0. The number of Topliss-reactive ketones (excluding diaryl/α,β-unsaturated/α-hetero) is 2. The number of methoxy groups -OCH3 is 8. The first-order chi connectivity index (χ1) is 26.9. The lowest BCUT2D eigenvalue weighted by Crippen LogP contribution is -2.10. The third-order valence-electron chi connectivity index (χ3n) is 8.80. The van der Waals surface area contributed by atoms with Gasteiger partial charge in [-0.05, 0) is 105 Å². The highest BCUT2D eigenvalue weighted by Crippen LogP contribution is 2.41. The highest BCUT2D eigenvalue weighted by atomic mass is 79.9. The molecular weight excluding hydrogens is 784 g/mol. The van der Waals surface area contributed by atoms with Gasteiger partial charge in [0.05, 0.1) is 61.7 Å². The number of furan rings is 1. The average molecular weight is 836 g/mol. The van der Waals surface area contributed by atoms with Crippen molar-refractivity contribution in [3.63, 3.8) is 0 Å². The van der Waals surface area contributed by atoms with Crippen LogP contribution in [0.1, 0.15) is 52.1 Å². The van der Waals surface area contributed by atoms with Crippen LogP contribution in [-0.2, 0) is 0 Å². The van der Waals surface area contributed by atoms with Gasteiger partial charge in [0, 0.05) is 28.7 Å². The summed E-state index contributed by atoms with van der Waals surface area (Å²) in [4.78, 5) is 22.9. The summed E-state index contributed by atoms with van der Waals surface area (Å²) in [5.41, 5.74) is 5.28. The third-order valence-corrected chi connectivity index (χ3v) is 9.21. The molecule has 1 heterocycles. The van der Waals surface area contributed by atoms with E-state index in [1.54, 1.807) is 100 Å². The Bertz CT molecular complexity index is 2010. The van der Waals surface area contributed by atoms with Crippen LogP contribution in [0.15, 0.2) is 77.2 Å². The van der Waals surface area contributed by atoms with Crippen LogP contribution < -0.4 is 37.9 Å². The van der Waals surface area contributed by atoms with E-state index >= 15 is 0 Å². The van der Waals surface area contributed by atoms with Crippen LogP contribution in [0.2, 0.25) is 0 Å². The van der Waals surface area contributed by atoms with Gasteiger partial charge in [-0.2, -0.15) is 0 Å². The summed E-state index contributed by atoms with van der Waals surface area (Å²) in [6.07, 6.45) is 0.496. The number of rotatable bonds is 14. The first-order valence-electron chi connectivity index (χ1n) is 17.6. The molecule has 0 aliphatic rings. The zero-order chi connectivity index (χ0) is 41.5. The van der Waals surface area contributed by atoms with Gasteiger partial charge < -0.3 is 42.3 Å². The summed E-state index contributed by atoms with van der Waals surface area (Å²) in [5.74, 6) is 6.84. The second kappa shape index (κ2) is 21.5. The van der Waals surface area contributed by atoms with E-state index in [4.69, 9.17) is 42.3 Å². The fourth-order valence-electron chi connectivity index (χ4n) is 5.53. The van der Waals surface area contributed by atoms with Crippen molar-refractivity contribution in [3.05, 3.63) is 95.1 Å². The minimum atomic E-state index is -0.199. The van der Waals surface area contributed by atoms with Crippen molar-refractivity contribution >= 4 is 27.5 Å². The predicted octanol–water partition coefficient (Wildman–Crippen LogP) is 10.2. The highest BCUT2D eigenvalue weighted by molar-refractivity contribution is 9.10. The van der Waals surface area contributed by atoms with E-state index in [0.717, 1.165) is 33.8 Å². The molecule has 300 valence electrons. The van der Waals surface area contributed by atoms with E-state index in [-0.39, 0.29) is 16.4 Å². The van der Waals surface area contributed by atoms with Crippen LogP contribution in [0, 0.1) is 13.8 Å². The molecule has 4 aromatic carbocycles.